The van der Waals surface area contributed by atoms with Crippen LogP contribution < -0.4 is 4.90 Å². The van der Waals surface area contributed by atoms with Crippen LogP contribution in [0.15, 0.2) is 18.3 Å². The minimum atomic E-state index is 0.134. The van der Waals surface area contributed by atoms with Gasteiger partial charge in [-0.25, -0.2) is 4.98 Å². The Balaban J connectivity index is 1.52. The predicted molar refractivity (Wildman–Crippen MR) is 102 cm³/mol. The van der Waals surface area contributed by atoms with Gasteiger partial charge in [-0.3, -0.25) is 9.69 Å². The summed E-state index contributed by atoms with van der Waals surface area (Å²) in [5.74, 6) is 1.37. The zero-order chi connectivity index (χ0) is 18.5. The highest BCUT2D eigenvalue weighted by molar-refractivity contribution is 5.79. The highest BCUT2D eigenvalue weighted by Gasteiger charge is 2.30. The smallest absolute Gasteiger partial charge is 0.225 e. The molecule has 0 atom stereocenters. The molecule has 0 aromatic carbocycles. The maximum Gasteiger partial charge on any atom is 0.225 e. The lowest BCUT2D eigenvalue weighted by Gasteiger charge is -2.34. The Bertz CT molecular complexity index is 643. The Hall–Kier alpha value is -2.13. The molecule has 2 fully saturated rings. The van der Waals surface area contributed by atoms with Gasteiger partial charge in [0.15, 0.2) is 0 Å². The number of hydrogen-bond acceptors (Lipinski definition) is 5. The summed E-state index contributed by atoms with van der Waals surface area (Å²) in [5.41, 5.74) is 0.579. The van der Waals surface area contributed by atoms with Gasteiger partial charge >= 0.3 is 0 Å². The van der Waals surface area contributed by atoms with Gasteiger partial charge in [0, 0.05) is 57.4 Å². The van der Waals surface area contributed by atoms with E-state index in [4.69, 9.17) is 5.26 Å². The maximum absolute atomic E-state index is 12.9. The van der Waals surface area contributed by atoms with E-state index in [-0.39, 0.29) is 5.92 Å². The normalized spacial score (nSPS) is 20.1. The summed E-state index contributed by atoms with van der Waals surface area (Å²) < 4.78 is 0. The average molecular weight is 355 g/mol. The van der Waals surface area contributed by atoms with Crippen molar-refractivity contribution >= 4 is 11.7 Å². The molecule has 0 bridgehead atoms. The number of hydrogen-bond donors (Lipinski definition) is 0. The van der Waals surface area contributed by atoms with Gasteiger partial charge < -0.3 is 9.80 Å². The number of nitriles is 1. The molecule has 0 aliphatic carbocycles. The van der Waals surface area contributed by atoms with Gasteiger partial charge in [0.25, 0.3) is 0 Å². The van der Waals surface area contributed by atoms with Crippen molar-refractivity contribution in [1.29, 1.82) is 5.26 Å². The first kappa shape index (κ1) is 18.7. The van der Waals surface area contributed by atoms with E-state index in [1.54, 1.807) is 12.3 Å². The van der Waals surface area contributed by atoms with Crippen LogP contribution in [-0.2, 0) is 4.79 Å². The molecule has 3 rings (SSSR count). The minimum Gasteiger partial charge on any atom is -0.357 e. The van der Waals surface area contributed by atoms with E-state index >= 15 is 0 Å². The van der Waals surface area contributed by atoms with Crippen LogP contribution in [0.1, 0.15) is 38.7 Å². The van der Waals surface area contributed by atoms with Crippen LogP contribution in [0.2, 0.25) is 0 Å². The van der Waals surface area contributed by atoms with Crippen molar-refractivity contribution in [3.63, 3.8) is 0 Å². The summed E-state index contributed by atoms with van der Waals surface area (Å²) in [6.07, 6.45) is 4.44. The zero-order valence-corrected chi connectivity index (χ0v) is 15.9. The minimum absolute atomic E-state index is 0.134. The summed E-state index contributed by atoms with van der Waals surface area (Å²) >= 11 is 0. The summed E-state index contributed by atoms with van der Waals surface area (Å²) in [6.45, 7) is 9.97. The standard InChI is InChI=1S/C20H29N5O/c1-16(2)23-8-3-9-25(13-12-23)20(26)18-6-10-24(11-7-18)19-5-4-17(14-21)15-22-19/h4-5,15-16,18H,3,6-13H2,1-2H3. The summed E-state index contributed by atoms with van der Waals surface area (Å²) in [7, 11) is 0. The van der Waals surface area contributed by atoms with E-state index in [9.17, 15) is 4.79 Å². The lowest BCUT2D eigenvalue weighted by molar-refractivity contribution is -0.136. The summed E-state index contributed by atoms with van der Waals surface area (Å²) in [6, 6.07) is 6.35. The first-order valence-corrected chi connectivity index (χ1v) is 9.72. The van der Waals surface area contributed by atoms with Gasteiger partial charge in [0.2, 0.25) is 5.91 Å². The monoisotopic (exact) mass is 355 g/mol. The highest BCUT2D eigenvalue weighted by atomic mass is 16.2. The van der Waals surface area contributed by atoms with E-state index < -0.39 is 0 Å². The largest absolute Gasteiger partial charge is 0.357 e. The number of aromatic nitrogens is 1. The fourth-order valence-electron chi connectivity index (χ4n) is 3.93. The van der Waals surface area contributed by atoms with Crippen molar-refractivity contribution in [3.05, 3.63) is 23.9 Å². The number of piperidine rings is 1. The molecule has 2 aliphatic heterocycles. The number of carbonyl (C=O) groups is 1. The molecule has 1 amide bonds. The van der Waals surface area contributed by atoms with E-state index in [1.807, 2.05) is 6.07 Å². The van der Waals surface area contributed by atoms with Gasteiger partial charge in [0.05, 0.1) is 5.56 Å². The summed E-state index contributed by atoms with van der Waals surface area (Å²) in [4.78, 5) is 24.1. The number of amides is 1. The first-order chi connectivity index (χ1) is 12.6. The molecule has 0 unspecified atom stereocenters. The third kappa shape index (κ3) is 4.34. The van der Waals surface area contributed by atoms with Crippen molar-refractivity contribution in [3.8, 4) is 6.07 Å². The van der Waals surface area contributed by atoms with Gasteiger partial charge in [-0.05, 0) is 45.2 Å². The SMILES string of the molecule is CC(C)N1CCCN(C(=O)C2CCN(c3ccc(C#N)cn3)CC2)CC1. The lowest BCUT2D eigenvalue weighted by Crippen LogP contribution is -2.44. The highest BCUT2D eigenvalue weighted by Crippen LogP contribution is 2.24. The molecule has 2 saturated heterocycles. The van der Waals surface area contributed by atoms with Gasteiger partial charge in [0.1, 0.15) is 11.9 Å². The van der Waals surface area contributed by atoms with E-state index in [2.05, 4.69) is 39.6 Å². The Morgan fingerprint density at radius 3 is 2.54 bits per heavy atom. The van der Waals surface area contributed by atoms with Crippen molar-refractivity contribution in [2.75, 3.05) is 44.2 Å². The average Bonchev–Trinajstić information content (AvgIpc) is 2.94. The van der Waals surface area contributed by atoms with Gasteiger partial charge in [-0.2, -0.15) is 5.26 Å². The van der Waals surface area contributed by atoms with Crippen LogP contribution >= 0.6 is 0 Å². The second kappa shape index (κ2) is 8.50. The predicted octanol–water partition coefficient (Wildman–Crippen LogP) is 2.11. The topological polar surface area (TPSA) is 63.5 Å². The Morgan fingerprint density at radius 1 is 1.15 bits per heavy atom. The molecule has 140 valence electrons. The molecular formula is C20H29N5O. The molecule has 0 N–H and O–H groups in total. The van der Waals surface area contributed by atoms with Crippen molar-refractivity contribution < 1.29 is 4.79 Å². The van der Waals surface area contributed by atoms with Crippen LogP contribution in [0, 0.1) is 17.2 Å². The van der Waals surface area contributed by atoms with Crippen LogP contribution in [0.3, 0.4) is 0 Å². The third-order valence-corrected chi connectivity index (χ3v) is 5.62. The third-order valence-electron chi connectivity index (χ3n) is 5.62. The molecule has 1 aromatic rings. The van der Waals surface area contributed by atoms with E-state index in [0.717, 1.165) is 64.3 Å². The first-order valence-electron chi connectivity index (χ1n) is 9.72. The fraction of sp³-hybridized carbons (Fsp3) is 0.650. The molecular weight excluding hydrogens is 326 g/mol. The second-order valence-corrected chi connectivity index (χ2v) is 7.59. The quantitative estimate of drug-likeness (QED) is 0.831. The maximum atomic E-state index is 12.9. The van der Waals surface area contributed by atoms with Gasteiger partial charge in [-0.1, -0.05) is 0 Å². The molecule has 0 saturated carbocycles. The Morgan fingerprint density at radius 2 is 1.92 bits per heavy atom. The fourth-order valence-corrected chi connectivity index (χ4v) is 3.93. The Labute approximate surface area is 156 Å². The van der Waals surface area contributed by atoms with Crippen LogP contribution in [0.5, 0.6) is 0 Å². The molecule has 6 nitrogen and oxygen atoms in total. The van der Waals surface area contributed by atoms with E-state index in [1.165, 1.54) is 0 Å². The lowest BCUT2D eigenvalue weighted by atomic mass is 9.95. The molecule has 6 heteroatoms. The zero-order valence-electron chi connectivity index (χ0n) is 15.9. The number of nitrogens with zero attached hydrogens (tertiary/aromatic N) is 5. The number of pyridine rings is 1. The number of anilines is 1. The van der Waals surface area contributed by atoms with Crippen LogP contribution in [0.4, 0.5) is 5.82 Å². The Kier molecular flexibility index (Phi) is 6.10. The van der Waals surface area contributed by atoms with Crippen molar-refractivity contribution in [2.24, 2.45) is 5.92 Å². The number of carbonyl (C=O) groups excluding carboxylic acids is 1. The molecule has 1 aromatic heterocycles. The molecule has 0 radical (unpaired) electrons. The molecule has 0 spiro atoms. The number of rotatable bonds is 3. The van der Waals surface area contributed by atoms with Crippen molar-refractivity contribution in [2.45, 2.75) is 39.2 Å². The summed E-state index contributed by atoms with van der Waals surface area (Å²) in [5, 5.41) is 8.88. The molecule has 2 aliphatic rings. The van der Waals surface area contributed by atoms with Gasteiger partial charge in [-0.15, -0.1) is 0 Å². The second-order valence-electron chi connectivity index (χ2n) is 7.59. The molecule has 26 heavy (non-hydrogen) atoms. The van der Waals surface area contributed by atoms with Crippen molar-refractivity contribution in [1.82, 2.24) is 14.8 Å². The van der Waals surface area contributed by atoms with E-state index in [0.29, 0.717) is 17.5 Å². The van der Waals surface area contributed by atoms with Crippen LogP contribution in [-0.4, -0.2) is 66.0 Å². The van der Waals surface area contributed by atoms with Crippen LogP contribution in [0.25, 0.3) is 0 Å². The molecule has 3 heterocycles.